The zero-order chi connectivity index (χ0) is 21.2. The fourth-order valence-electron chi connectivity index (χ4n) is 5.17. The fraction of sp³-hybridized carbons (Fsp3) is 0.385. The molecule has 158 valence electrons. The maximum atomic E-state index is 13.2. The number of nitrogens with one attached hydrogen (secondary N) is 1. The SMILES string of the molecule is N#Cc1cccc(Cc2c[nH]c3ccc(C(=O)N4CCN(C5CCCC5)CC4)cc23)c1. The first-order valence-electron chi connectivity index (χ1n) is 11.3. The summed E-state index contributed by atoms with van der Waals surface area (Å²) in [7, 11) is 0. The molecule has 0 atom stereocenters. The van der Waals surface area contributed by atoms with Gasteiger partial charge in [0.25, 0.3) is 5.91 Å². The van der Waals surface area contributed by atoms with Gasteiger partial charge in [-0.2, -0.15) is 5.26 Å². The van der Waals surface area contributed by atoms with Gasteiger partial charge < -0.3 is 9.88 Å². The van der Waals surface area contributed by atoms with E-state index in [2.05, 4.69) is 16.0 Å². The first-order valence-corrected chi connectivity index (χ1v) is 11.3. The molecule has 0 spiro atoms. The van der Waals surface area contributed by atoms with Gasteiger partial charge in [0, 0.05) is 54.9 Å². The molecular weight excluding hydrogens is 384 g/mol. The third-order valence-electron chi connectivity index (χ3n) is 6.91. The van der Waals surface area contributed by atoms with Crippen LogP contribution in [0.15, 0.2) is 48.7 Å². The highest BCUT2D eigenvalue weighted by Crippen LogP contribution is 2.26. The number of aromatic amines is 1. The highest BCUT2D eigenvalue weighted by molar-refractivity contribution is 5.99. The molecule has 2 aromatic carbocycles. The number of H-pyrrole nitrogens is 1. The Morgan fingerprint density at radius 1 is 1.06 bits per heavy atom. The normalized spacial score (nSPS) is 17.8. The summed E-state index contributed by atoms with van der Waals surface area (Å²) in [6.07, 6.45) is 8.08. The molecule has 2 heterocycles. The van der Waals surface area contributed by atoms with E-state index >= 15 is 0 Å². The van der Waals surface area contributed by atoms with Gasteiger partial charge in [-0.1, -0.05) is 25.0 Å². The zero-order valence-corrected chi connectivity index (χ0v) is 17.8. The number of benzene rings is 2. The van der Waals surface area contributed by atoms with E-state index in [0.717, 1.165) is 66.2 Å². The van der Waals surface area contributed by atoms with Gasteiger partial charge in [-0.15, -0.1) is 0 Å². The largest absolute Gasteiger partial charge is 0.361 e. The first kappa shape index (κ1) is 19.8. The summed E-state index contributed by atoms with van der Waals surface area (Å²) in [6.45, 7) is 3.61. The maximum Gasteiger partial charge on any atom is 0.253 e. The van der Waals surface area contributed by atoms with Crippen molar-refractivity contribution >= 4 is 16.8 Å². The highest BCUT2D eigenvalue weighted by atomic mass is 16.2. The number of nitrogens with zero attached hydrogens (tertiary/aromatic N) is 3. The summed E-state index contributed by atoms with van der Waals surface area (Å²) in [5, 5.41) is 10.2. The lowest BCUT2D eigenvalue weighted by molar-refractivity contribution is 0.0573. The van der Waals surface area contributed by atoms with Crippen molar-refractivity contribution in [1.29, 1.82) is 5.26 Å². The Hall–Kier alpha value is -3.10. The quantitative estimate of drug-likeness (QED) is 0.694. The van der Waals surface area contributed by atoms with Gasteiger partial charge in [0.15, 0.2) is 0 Å². The lowest BCUT2D eigenvalue weighted by atomic mass is 10.0. The molecule has 5 heteroatoms. The molecule has 0 bridgehead atoms. The molecule has 31 heavy (non-hydrogen) atoms. The predicted molar refractivity (Wildman–Crippen MR) is 122 cm³/mol. The van der Waals surface area contributed by atoms with Crippen molar-refractivity contribution in [3.63, 3.8) is 0 Å². The second kappa shape index (κ2) is 8.56. The molecule has 1 aliphatic carbocycles. The molecule has 0 unspecified atom stereocenters. The average molecular weight is 413 g/mol. The zero-order valence-electron chi connectivity index (χ0n) is 17.8. The van der Waals surface area contributed by atoms with Crippen LogP contribution >= 0.6 is 0 Å². The number of nitriles is 1. The van der Waals surface area contributed by atoms with Gasteiger partial charge >= 0.3 is 0 Å². The lowest BCUT2D eigenvalue weighted by Gasteiger charge is -2.38. The molecule has 1 saturated carbocycles. The van der Waals surface area contributed by atoms with Crippen molar-refractivity contribution in [1.82, 2.24) is 14.8 Å². The summed E-state index contributed by atoms with van der Waals surface area (Å²) in [5.41, 5.74) is 4.71. The van der Waals surface area contributed by atoms with E-state index in [-0.39, 0.29) is 5.91 Å². The Balaban J connectivity index is 1.32. The van der Waals surface area contributed by atoms with Crippen LogP contribution in [-0.4, -0.2) is 52.9 Å². The molecule has 5 nitrogen and oxygen atoms in total. The van der Waals surface area contributed by atoms with E-state index in [4.69, 9.17) is 5.26 Å². The van der Waals surface area contributed by atoms with Gasteiger partial charge in [0.2, 0.25) is 0 Å². The second-order valence-electron chi connectivity index (χ2n) is 8.83. The number of hydrogen-bond acceptors (Lipinski definition) is 3. The van der Waals surface area contributed by atoms with Gasteiger partial charge in [-0.05, 0) is 60.7 Å². The number of amides is 1. The summed E-state index contributed by atoms with van der Waals surface area (Å²) in [4.78, 5) is 21.1. The second-order valence-corrected chi connectivity index (χ2v) is 8.83. The van der Waals surface area contributed by atoms with Crippen molar-refractivity contribution in [3.8, 4) is 6.07 Å². The van der Waals surface area contributed by atoms with Crippen molar-refractivity contribution in [2.45, 2.75) is 38.1 Å². The molecule has 1 aromatic heterocycles. The standard InChI is InChI=1S/C26H28N4O/c27-17-20-5-3-4-19(14-20)15-22-18-28-25-9-8-21(16-24(22)25)26(31)30-12-10-29(11-13-30)23-6-1-2-7-23/h3-5,8-9,14,16,18,23,28H,1-2,6-7,10-13,15H2. The molecule has 3 aromatic rings. The van der Waals surface area contributed by atoms with Gasteiger partial charge in [0.05, 0.1) is 11.6 Å². The highest BCUT2D eigenvalue weighted by Gasteiger charge is 2.28. The lowest BCUT2D eigenvalue weighted by Crippen LogP contribution is -2.51. The minimum Gasteiger partial charge on any atom is -0.361 e. The number of fused-ring (bicyclic) bond motifs is 1. The number of hydrogen-bond donors (Lipinski definition) is 1. The minimum absolute atomic E-state index is 0.131. The molecule has 1 amide bonds. The molecule has 1 saturated heterocycles. The molecule has 1 N–H and O–H groups in total. The monoisotopic (exact) mass is 412 g/mol. The molecule has 2 aliphatic rings. The van der Waals surface area contributed by atoms with Crippen LogP contribution in [0, 0.1) is 11.3 Å². The van der Waals surface area contributed by atoms with E-state index in [0.29, 0.717) is 5.56 Å². The fourth-order valence-corrected chi connectivity index (χ4v) is 5.17. The summed E-state index contributed by atoms with van der Waals surface area (Å²) >= 11 is 0. The average Bonchev–Trinajstić information content (AvgIpc) is 3.49. The summed E-state index contributed by atoms with van der Waals surface area (Å²) < 4.78 is 0. The smallest absolute Gasteiger partial charge is 0.253 e. The number of piperazine rings is 1. The molecule has 1 aliphatic heterocycles. The topological polar surface area (TPSA) is 63.1 Å². The summed E-state index contributed by atoms with van der Waals surface area (Å²) in [5.74, 6) is 0.131. The van der Waals surface area contributed by atoms with Gasteiger partial charge in [0.1, 0.15) is 0 Å². The Labute approximate surface area is 183 Å². The minimum atomic E-state index is 0.131. The predicted octanol–water partition coefficient (Wildman–Crippen LogP) is 4.33. The van der Waals surface area contributed by atoms with Crippen LogP contribution in [0.5, 0.6) is 0 Å². The Kier molecular flexibility index (Phi) is 5.48. The van der Waals surface area contributed by atoms with Crippen molar-refractivity contribution in [2.24, 2.45) is 0 Å². The van der Waals surface area contributed by atoms with Crippen LogP contribution in [0.1, 0.15) is 52.7 Å². The van der Waals surface area contributed by atoms with Crippen LogP contribution in [0.2, 0.25) is 0 Å². The third kappa shape index (κ3) is 4.08. The Morgan fingerprint density at radius 2 is 1.87 bits per heavy atom. The number of carbonyl (C=O) groups is 1. The van der Waals surface area contributed by atoms with Crippen LogP contribution in [0.3, 0.4) is 0 Å². The van der Waals surface area contributed by atoms with Crippen LogP contribution in [0.4, 0.5) is 0 Å². The van der Waals surface area contributed by atoms with E-state index in [1.54, 1.807) is 0 Å². The number of carbonyl (C=O) groups excluding carboxylic acids is 1. The summed E-state index contributed by atoms with van der Waals surface area (Å²) in [6, 6.07) is 16.6. The van der Waals surface area contributed by atoms with Gasteiger partial charge in [-0.25, -0.2) is 0 Å². The van der Waals surface area contributed by atoms with Crippen LogP contribution in [0.25, 0.3) is 10.9 Å². The number of aromatic nitrogens is 1. The maximum absolute atomic E-state index is 13.2. The van der Waals surface area contributed by atoms with E-state index < -0.39 is 0 Å². The molecular formula is C26H28N4O. The first-order chi connectivity index (χ1) is 15.2. The molecule has 0 radical (unpaired) electrons. The number of rotatable bonds is 4. The molecule has 5 rings (SSSR count). The third-order valence-corrected chi connectivity index (χ3v) is 6.91. The van der Waals surface area contributed by atoms with Crippen molar-refractivity contribution in [3.05, 3.63) is 70.9 Å². The van der Waals surface area contributed by atoms with Crippen molar-refractivity contribution < 1.29 is 4.79 Å². The van der Waals surface area contributed by atoms with E-state index in [9.17, 15) is 4.79 Å². The Morgan fingerprint density at radius 3 is 2.65 bits per heavy atom. The molecule has 2 fully saturated rings. The van der Waals surface area contributed by atoms with E-state index in [1.807, 2.05) is 53.6 Å². The van der Waals surface area contributed by atoms with Crippen molar-refractivity contribution in [2.75, 3.05) is 26.2 Å². The van der Waals surface area contributed by atoms with Gasteiger partial charge in [-0.3, -0.25) is 9.69 Å². The van der Waals surface area contributed by atoms with Crippen LogP contribution < -0.4 is 0 Å². The van der Waals surface area contributed by atoms with Crippen LogP contribution in [-0.2, 0) is 6.42 Å². The van der Waals surface area contributed by atoms with E-state index in [1.165, 1.54) is 25.7 Å². The Bertz CT molecular complexity index is 1130.